The largest absolute Gasteiger partial charge is 0.465 e. The zero-order valence-corrected chi connectivity index (χ0v) is 12.5. The Labute approximate surface area is 119 Å². The van der Waals surface area contributed by atoms with Crippen molar-refractivity contribution in [1.29, 1.82) is 0 Å². The minimum Gasteiger partial charge on any atom is -0.465 e. The molecular formula is C14H17FO4S. The zero-order valence-electron chi connectivity index (χ0n) is 11.6. The fraction of sp³-hybridized carbons (Fsp3) is 0.429. The highest BCUT2D eigenvalue weighted by atomic mass is 32.2. The second-order valence-electron chi connectivity index (χ2n) is 4.69. The molecule has 1 aromatic carbocycles. The van der Waals surface area contributed by atoms with Crippen LogP contribution in [-0.4, -0.2) is 28.3 Å². The van der Waals surface area contributed by atoms with Gasteiger partial charge in [0.1, 0.15) is 11.2 Å². The number of carbonyl (C=O) groups is 2. The monoisotopic (exact) mass is 300 g/mol. The molecule has 0 fully saturated rings. The molecule has 0 saturated heterocycles. The summed E-state index contributed by atoms with van der Waals surface area (Å²) in [5, 5.41) is 0. The molecule has 6 heteroatoms. The lowest BCUT2D eigenvalue weighted by atomic mass is 9.89. The first kappa shape index (κ1) is 16.5. The predicted octanol–water partition coefficient (Wildman–Crippen LogP) is 2.09. The van der Waals surface area contributed by atoms with Gasteiger partial charge in [-0.1, -0.05) is 12.1 Å². The van der Waals surface area contributed by atoms with Crippen molar-refractivity contribution in [1.82, 2.24) is 0 Å². The first-order valence-corrected chi connectivity index (χ1v) is 7.46. The molecule has 0 spiro atoms. The van der Waals surface area contributed by atoms with Crippen molar-refractivity contribution in [2.24, 2.45) is 5.41 Å². The van der Waals surface area contributed by atoms with Gasteiger partial charge in [-0.05, 0) is 32.9 Å². The molecule has 0 amide bonds. The molecule has 1 rings (SSSR count). The van der Waals surface area contributed by atoms with E-state index in [4.69, 9.17) is 4.74 Å². The fourth-order valence-corrected chi connectivity index (χ4v) is 2.70. The summed E-state index contributed by atoms with van der Waals surface area (Å²) in [5.74, 6) is -2.27. The highest BCUT2D eigenvalue weighted by Crippen LogP contribution is 2.21. The molecule has 0 aromatic heterocycles. The minimum absolute atomic E-state index is 0.0412. The third kappa shape index (κ3) is 3.72. The molecule has 1 atom stereocenters. The van der Waals surface area contributed by atoms with Crippen LogP contribution in [0.3, 0.4) is 0 Å². The maximum absolute atomic E-state index is 13.5. The molecule has 1 unspecified atom stereocenters. The van der Waals surface area contributed by atoms with Crippen LogP contribution in [0.25, 0.3) is 0 Å². The summed E-state index contributed by atoms with van der Waals surface area (Å²) in [6, 6.07) is 5.54. The van der Waals surface area contributed by atoms with Crippen molar-refractivity contribution in [2.45, 2.75) is 25.7 Å². The Bertz CT molecular complexity index is 540. The lowest BCUT2D eigenvalue weighted by molar-refractivity contribution is -0.157. The number of Topliss-reactive ketones (excluding diaryl/α,β-unsaturated/α-hetero) is 1. The van der Waals surface area contributed by atoms with Gasteiger partial charge in [0.25, 0.3) is 0 Å². The SMILES string of the molecule is CCOC(=O)C(C)(C)C(=O)CS(=O)c1ccccc1F. The van der Waals surface area contributed by atoms with Crippen LogP contribution >= 0.6 is 0 Å². The topological polar surface area (TPSA) is 60.4 Å². The van der Waals surface area contributed by atoms with Gasteiger partial charge in [0, 0.05) is 0 Å². The maximum atomic E-state index is 13.5. The van der Waals surface area contributed by atoms with Crippen molar-refractivity contribution in [3.05, 3.63) is 30.1 Å². The Morgan fingerprint density at radius 1 is 1.30 bits per heavy atom. The summed E-state index contributed by atoms with van der Waals surface area (Å²) >= 11 is 0. The molecule has 0 aliphatic heterocycles. The van der Waals surface area contributed by atoms with Crippen molar-refractivity contribution in [2.75, 3.05) is 12.4 Å². The van der Waals surface area contributed by atoms with Gasteiger partial charge in [-0.2, -0.15) is 0 Å². The minimum atomic E-state index is -1.82. The quantitative estimate of drug-likeness (QED) is 0.596. The van der Waals surface area contributed by atoms with Gasteiger partial charge in [-0.3, -0.25) is 13.8 Å². The number of esters is 1. The fourth-order valence-electron chi connectivity index (χ4n) is 1.43. The van der Waals surface area contributed by atoms with E-state index in [1.807, 2.05) is 0 Å². The van der Waals surface area contributed by atoms with Crippen LogP contribution in [0.4, 0.5) is 4.39 Å². The van der Waals surface area contributed by atoms with Crippen molar-refractivity contribution < 1.29 is 22.9 Å². The van der Waals surface area contributed by atoms with E-state index in [9.17, 15) is 18.2 Å². The van der Waals surface area contributed by atoms with E-state index in [2.05, 4.69) is 0 Å². The predicted molar refractivity (Wildman–Crippen MR) is 73.1 cm³/mol. The van der Waals surface area contributed by atoms with Crippen LogP contribution in [0, 0.1) is 11.2 Å². The van der Waals surface area contributed by atoms with E-state index in [1.54, 1.807) is 6.92 Å². The van der Waals surface area contributed by atoms with Gasteiger partial charge in [-0.15, -0.1) is 0 Å². The molecule has 0 saturated carbocycles. The summed E-state index contributed by atoms with van der Waals surface area (Å²) in [6.07, 6.45) is 0. The summed E-state index contributed by atoms with van der Waals surface area (Å²) in [5.41, 5.74) is -1.39. The van der Waals surface area contributed by atoms with Crippen LogP contribution in [0.15, 0.2) is 29.2 Å². The second-order valence-corrected chi connectivity index (χ2v) is 6.11. The molecule has 4 nitrogen and oxygen atoms in total. The Morgan fingerprint density at radius 2 is 1.90 bits per heavy atom. The summed E-state index contributed by atoms with van der Waals surface area (Å²) in [6.45, 7) is 4.61. The normalized spacial score (nSPS) is 12.8. The molecule has 0 N–H and O–H groups in total. The number of hydrogen-bond acceptors (Lipinski definition) is 4. The Kier molecular flexibility index (Phi) is 5.56. The van der Waals surface area contributed by atoms with Crippen LogP contribution in [-0.2, 0) is 25.1 Å². The molecule has 0 radical (unpaired) electrons. The van der Waals surface area contributed by atoms with E-state index in [1.165, 1.54) is 38.1 Å². The summed E-state index contributed by atoms with van der Waals surface area (Å²) in [7, 11) is -1.82. The molecule has 0 heterocycles. The molecule has 20 heavy (non-hydrogen) atoms. The average molecular weight is 300 g/mol. The lowest BCUT2D eigenvalue weighted by Crippen LogP contribution is -2.38. The van der Waals surface area contributed by atoms with E-state index < -0.39 is 39.5 Å². The standard InChI is InChI=1S/C14H17FO4S/c1-4-19-13(17)14(2,3)12(16)9-20(18)11-8-6-5-7-10(11)15/h5-8H,4,9H2,1-3H3. The number of carbonyl (C=O) groups excluding carboxylic acids is 2. The van der Waals surface area contributed by atoms with E-state index in [-0.39, 0.29) is 11.5 Å². The Balaban J connectivity index is 2.83. The smallest absolute Gasteiger partial charge is 0.319 e. The van der Waals surface area contributed by atoms with Gasteiger partial charge in [0.15, 0.2) is 5.78 Å². The van der Waals surface area contributed by atoms with Gasteiger partial charge < -0.3 is 4.74 Å². The zero-order chi connectivity index (χ0) is 15.3. The van der Waals surface area contributed by atoms with Crippen molar-refractivity contribution in [3.8, 4) is 0 Å². The van der Waals surface area contributed by atoms with E-state index in [0.29, 0.717) is 0 Å². The van der Waals surface area contributed by atoms with Crippen LogP contribution < -0.4 is 0 Å². The van der Waals surface area contributed by atoms with Gasteiger partial charge in [0.05, 0.1) is 28.1 Å². The molecular weight excluding hydrogens is 283 g/mol. The third-order valence-corrected chi connectivity index (χ3v) is 4.17. The summed E-state index contributed by atoms with van der Waals surface area (Å²) in [4.78, 5) is 23.7. The molecule has 1 aromatic rings. The van der Waals surface area contributed by atoms with Crippen molar-refractivity contribution in [3.63, 3.8) is 0 Å². The Hall–Kier alpha value is -1.56. The van der Waals surface area contributed by atoms with Gasteiger partial charge in [-0.25, -0.2) is 4.39 Å². The molecule has 0 bridgehead atoms. The lowest BCUT2D eigenvalue weighted by Gasteiger charge is -2.20. The van der Waals surface area contributed by atoms with Crippen LogP contribution in [0.2, 0.25) is 0 Å². The number of halogens is 1. The second kappa shape index (κ2) is 6.74. The molecule has 110 valence electrons. The van der Waals surface area contributed by atoms with Crippen LogP contribution in [0.1, 0.15) is 20.8 Å². The van der Waals surface area contributed by atoms with E-state index in [0.717, 1.165) is 0 Å². The number of ketones is 1. The maximum Gasteiger partial charge on any atom is 0.319 e. The highest BCUT2D eigenvalue weighted by Gasteiger charge is 2.38. The third-order valence-electron chi connectivity index (χ3n) is 2.83. The number of hydrogen-bond donors (Lipinski definition) is 0. The molecule has 0 aliphatic carbocycles. The van der Waals surface area contributed by atoms with Crippen LogP contribution in [0.5, 0.6) is 0 Å². The summed E-state index contributed by atoms with van der Waals surface area (Å²) < 4.78 is 30.3. The first-order chi connectivity index (χ1) is 9.30. The number of ether oxygens (including phenoxy) is 1. The molecule has 0 aliphatic rings. The number of benzene rings is 1. The average Bonchev–Trinajstić information content (AvgIpc) is 2.39. The van der Waals surface area contributed by atoms with Gasteiger partial charge >= 0.3 is 5.97 Å². The Morgan fingerprint density at radius 3 is 2.45 bits per heavy atom. The van der Waals surface area contributed by atoms with Crippen molar-refractivity contribution >= 4 is 22.6 Å². The van der Waals surface area contributed by atoms with E-state index >= 15 is 0 Å². The first-order valence-electron chi connectivity index (χ1n) is 6.14. The number of rotatable bonds is 6. The van der Waals surface area contributed by atoms with Gasteiger partial charge in [0.2, 0.25) is 0 Å². The highest BCUT2D eigenvalue weighted by molar-refractivity contribution is 7.85.